The van der Waals surface area contributed by atoms with Crippen LogP contribution in [0.4, 0.5) is 11.4 Å². The summed E-state index contributed by atoms with van der Waals surface area (Å²) in [4.78, 5) is 12.2. The number of carbonyl (C=O) groups excluding carboxylic acids is 1. The van der Waals surface area contributed by atoms with E-state index >= 15 is 0 Å². The van der Waals surface area contributed by atoms with E-state index in [1.807, 2.05) is 0 Å². The first-order valence-corrected chi connectivity index (χ1v) is 8.84. The molecule has 1 heterocycles. The predicted molar refractivity (Wildman–Crippen MR) is 88.3 cm³/mol. The number of halogens is 1. The van der Waals surface area contributed by atoms with Crippen molar-refractivity contribution >= 4 is 43.2 Å². The highest BCUT2D eigenvalue weighted by atomic mass is 79.9. The fourth-order valence-electron chi connectivity index (χ4n) is 2.40. The Hall–Kier alpha value is -1.86. The Morgan fingerprint density at radius 1 is 1.14 bits per heavy atom. The number of nitrogens with one attached hydrogen (secondary N) is 1. The summed E-state index contributed by atoms with van der Waals surface area (Å²) in [7, 11) is -3.84. The third-order valence-electron chi connectivity index (χ3n) is 3.48. The first kappa shape index (κ1) is 15.1. The molecule has 0 fully saturated rings. The van der Waals surface area contributed by atoms with Crippen molar-refractivity contribution in [2.75, 3.05) is 9.62 Å². The number of para-hydroxylation sites is 2. The highest BCUT2D eigenvalue weighted by Gasteiger charge is 2.38. The first-order chi connectivity index (χ1) is 10.4. The first-order valence-electron chi connectivity index (χ1n) is 6.61. The summed E-state index contributed by atoms with van der Waals surface area (Å²) in [6.45, 7) is 1.57. The average Bonchev–Trinajstić information content (AvgIpc) is 2.48. The normalized spacial score (nSPS) is 17.8. The number of benzene rings is 2. The topological polar surface area (TPSA) is 66.5 Å². The number of nitrogens with zero attached hydrogens (tertiary/aromatic N) is 1. The number of rotatable bonds is 2. The van der Waals surface area contributed by atoms with Crippen LogP contribution in [0.25, 0.3) is 0 Å². The Bertz CT molecular complexity index is 851. The van der Waals surface area contributed by atoms with Crippen LogP contribution in [0, 0.1) is 0 Å². The number of hydrogen-bond acceptors (Lipinski definition) is 3. The number of hydrogen-bond donors (Lipinski definition) is 1. The van der Waals surface area contributed by atoms with Crippen LogP contribution < -0.4 is 9.62 Å². The molecule has 1 aliphatic rings. The van der Waals surface area contributed by atoms with E-state index < -0.39 is 16.1 Å². The lowest BCUT2D eigenvalue weighted by Crippen LogP contribution is -2.49. The van der Waals surface area contributed by atoms with Gasteiger partial charge in [0.25, 0.3) is 10.0 Å². The molecule has 0 spiro atoms. The fourth-order valence-corrected chi connectivity index (χ4v) is 4.64. The van der Waals surface area contributed by atoms with Crippen LogP contribution in [-0.2, 0) is 14.8 Å². The largest absolute Gasteiger partial charge is 0.322 e. The van der Waals surface area contributed by atoms with Crippen molar-refractivity contribution in [2.24, 2.45) is 0 Å². The number of anilines is 2. The lowest BCUT2D eigenvalue weighted by molar-refractivity contribution is -0.117. The number of amides is 1. The summed E-state index contributed by atoms with van der Waals surface area (Å²) in [6, 6.07) is 12.5. The predicted octanol–water partition coefficient (Wildman–Crippen LogP) is 2.99. The van der Waals surface area contributed by atoms with Gasteiger partial charge in [0, 0.05) is 4.47 Å². The van der Waals surface area contributed by atoms with Gasteiger partial charge in [0.15, 0.2) is 0 Å². The van der Waals surface area contributed by atoms with E-state index in [9.17, 15) is 13.2 Å². The molecule has 2 aromatic rings. The van der Waals surface area contributed by atoms with E-state index in [0.29, 0.717) is 15.8 Å². The summed E-state index contributed by atoms with van der Waals surface area (Å²) in [5.74, 6) is -0.350. The van der Waals surface area contributed by atoms with Gasteiger partial charge in [-0.25, -0.2) is 8.42 Å². The maximum atomic E-state index is 13.0. The average molecular weight is 381 g/mol. The molecule has 0 aliphatic carbocycles. The monoisotopic (exact) mass is 380 g/mol. The van der Waals surface area contributed by atoms with Gasteiger partial charge in [-0.2, -0.15) is 0 Å². The minimum Gasteiger partial charge on any atom is -0.322 e. The zero-order valence-corrected chi connectivity index (χ0v) is 14.1. The van der Waals surface area contributed by atoms with Gasteiger partial charge >= 0.3 is 0 Å². The smallest absolute Gasteiger partial charge is 0.265 e. The Balaban J connectivity index is 2.19. The lowest BCUT2D eigenvalue weighted by Gasteiger charge is -2.35. The SMILES string of the molecule is CC1C(=O)Nc2ccccc2N1S(=O)(=O)c1cccc(Br)c1. The van der Waals surface area contributed by atoms with E-state index in [-0.39, 0.29) is 10.8 Å². The second kappa shape index (κ2) is 5.40. The van der Waals surface area contributed by atoms with Crippen LogP contribution >= 0.6 is 15.9 Å². The molecule has 22 heavy (non-hydrogen) atoms. The third kappa shape index (κ3) is 2.40. The molecule has 1 unspecified atom stereocenters. The third-order valence-corrected chi connectivity index (χ3v) is 5.86. The van der Waals surface area contributed by atoms with Crippen LogP contribution in [-0.4, -0.2) is 20.4 Å². The summed E-state index contributed by atoms with van der Waals surface area (Å²) < 4.78 is 27.8. The molecule has 1 N–H and O–H groups in total. The zero-order chi connectivity index (χ0) is 15.9. The molecule has 1 aliphatic heterocycles. The van der Waals surface area contributed by atoms with E-state index in [2.05, 4.69) is 21.2 Å². The minimum absolute atomic E-state index is 0.137. The van der Waals surface area contributed by atoms with Crippen molar-refractivity contribution in [2.45, 2.75) is 17.9 Å². The van der Waals surface area contributed by atoms with Crippen molar-refractivity contribution < 1.29 is 13.2 Å². The molecule has 0 saturated heterocycles. The second-order valence-electron chi connectivity index (χ2n) is 4.94. The lowest BCUT2D eigenvalue weighted by atomic mass is 10.1. The van der Waals surface area contributed by atoms with E-state index in [1.165, 1.54) is 16.4 Å². The Kier molecular flexibility index (Phi) is 3.70. The molecule has 0 radical (unpaired) electrons. The molecule has 1 amide bonds. The molecule has 5 nitrogen and oxygen atoms in total. The number of fused-ring (bicyclic) bond motifs is 1. The molecule has 2 aromatic carbocycles. The van der Waals surface area contributed by atoms with Crippen molar-refractivity contribution in [1.29, 1.82) is 0 Å². The van der Waals surface area contributed by atoms with E-state index in [4.69, 9.17) is 0 Å². The van der Waals surface area contributed by atoms with Crippen molar-refractivity contribution in [1.82, 2.24) is 0 Å². The number of carbonyl (C=O) groups is 1. The van der Waals surface area contributed by atoms with Crippen LogP contribution in [0.2, 0.25) is 0 Å². The minimum atomic E-state index is -3.84. The summed E-state index contributed by atoms with van der Waals surface area (Å²) >= 11 is 3.28. The second-order valence-corrected chi connectivity index (χ2v) is 7.67. The molecule has 0 bridgehead atoms. The van der Waals surface area contributed by atoms with Gasteiger partial charge in [-0.05, 0) is 37.3 Å². The Labute approximate surface area is 137 Å². The Morgan fingerprint density at radius 3 is 2.59 bits per heavy atom. The number of sulfonamides is 1. The van der Waals surface area contributed by atoms with E-state index in [0.717, 1.165) is 0 Å². The maximum Gasteiger partial charge on any atom is 0.265 e. The highest BCUT2D eigenvalue weighted by molar-refractivity contribution is 9.10. The van der Waals surface area contributed by atoms with Crippen LogP contribution in [0.15, 0.2) is 57.9 Å². The van der Waals surface area contributed by atoms with Gasteiger partial charge in [-0.1, -0.05) is 34.1 Å². The Morgan fingerprint density at radius 2 is 1.86 bits per heavy atom. The van der Waals surface area contributed by atoms with E-state index in [1.54, 1.807) is 43.3 Å². The van der Waals surface area contributed by atoms with Crippen LogP contribution in [0.1, 0.15) is 6.92 Å². The molecule has 1 atom stereocenters. The van der Waals surface area contributed by atoms with Crippen molar-refractivity contribution in [3.63, 3.8) is 0 Å². The maximum absolute atomic E-state index is 13.0. The molecule has 0 saturated carbocycles. The fraction of sp³-hybridized carbons (Fsp3) is 0.133. The molecule has 0 aromatic heterocycles. The summed E-state index contributed by atoms with van der Waals surface area (Å²) in [6.07, 6.45) is 0. The molecule has 114 valence electrons. The van der Waals surface area contributed by atoms with Gasteiger partial charge < -0.3 is 5.32 Å². The van der Waals surface area contributed by atoms with Crippen molar-refractivity contribution in [3.05, 3.63) is 53.0 Å². The van der Waals surface area contributed by atoms with Gasteiger partial charge in [0.05, 0.1) is 16.3 Å². The van der Waals surface area contributed by atoms with Crippen LogP contribution in [0.5, 0.6) is 0 Å². The summed E-state index contributed by atoms with van der Waals surface area (Å²) in [5.41, 5.74) is 0.957. The molecular weight excluding hydrogens is 368 g/mol. The summed E-state index contributed by atoms with van der Waals surface area (Å²) in [5, 5.41) is 2.72. The standard InChI is InChI=1S/C15H13BrN2O3S/c1-10-15(19)17-13-7-2-3-8-14(13)18(10)22(20,21)12-6-4-5-11(16)9-12/h2-10H,1H3,(H,17,19). The molecule has 7 heteroatoms. The molecule has 3 rings (SSSR count). The highest BCUT2D eigenvalue weighted by Crippen LogP contribution is 2.36. The van der Waals surface area contributed by atoms with Gasteiger partial charge in [0.1, 0.15) is 6.04 Å². The van der Waals surface area contributed by atoms with Gasteiger partial charge in [-0.3, -0.25) is 9.10 Å². The van der Waals surface area contributed by atoms with Crippen LogP contribution in [0.3, 0.4) is 0 Å². The zero-order valence-electron chi connectivity index (χ0n) is 11.7. The van der Waals surface area contributed by atoms with Gasteiger partial charge in [-0.15, -0.1) is 0 Å². The quantitative estimate of drug-likeness (QED) is 0.870. The van der Waals surface area contributed by atoms with Crippen molar-refractivity contribution in [3.8, 4) is 0 Å². The molecular formula is C15H13BrN2O3S. The van der Waals surface area contributed by atoms with Gasteiger partial charge in [0.2, 0.25) is 5.91 Å².